The number of phenolic OH excluding ortho intramolecular Hbond substituents is 1. The van der Waals surface area contributed by atoms with Gasteiger partial charge in [-0.05, 0) is 81.5 Å². The number of hydrogen-bond donors (Lipinski definition) is 1. The molecular weight excluding hydrogens is 436 g/mol. The lowest BCUT2D eigenvalue weighted by Gasteiger charge is -2.63. The van der Waals surface area contributed by atoms with Crippen molar-refractivity contribution >= 4 is 5.91 Å². The van der Waals surface area contributed by atoms with Gasteiger partial charge in [-0.3, -0.25) is 9.69 Å². The molecule has 1 amide bonds. The van der Waals surface area contributed by atoms with Crippen LogP contribution in [-0.4, -0.2) is 64.7 Å². The number of likely N-dealkylation sites (tertiary alicyclic amines) is 1. The van der Waals surface area contributed by atoms with Crippen LogP contribution in [0.5, 0.6) is 5.75 Å². The molecule has 5 rings (SSSR count). The smallest absolute Gasteiger partial charge is 0.253 e. The van der Waals surface area contributed by atoms with Crippen molar-refractivity contribution < 1.29 is 14.6 Å². The van der Waals surface area contributed by atoms with E-state index in [4.69, 9.17) is 4.74 Å². The number of carbonyl (C=O) groups is 1. The van der Waals surface area contributed by atoms with Crippen LogP contribution in [0.1, 0.15) is 68.4 Å². The summed E-state index contributed by atoms with van der Waals surface area (Å²) in [6, 6.07) is 16.3. The zero-order chi connectivity index (χ0) is 25.0. The number of hydrogen-bond acceptors (Lipinski definition) is 4. The van der Waals surface area contributed by atoms with Crippen molar-refractivity contribution in [2.45, 2.75) is 82.5 Å². The molecule has 2 bridgehead atoms. The summed E-state index contributed by atoms with van der Waals surface area (Å²) in [5, 5.41) is 10.6. The summed E-state index contributed by atoms with van der Waals surface area (Å²) in [5.74, 6) is 0.536. The highest BCUT2D eigenvalue weighted by atomic mass is 16.5. The van der Waals surface area contributed by atoms with Crippen LogP contribution in [0.25, 0.3) is 0 Å². The lowest BCUT2D eigenvalue weighted by atomic mass is 9.49. The van der Waals surface area contributed by atoms with Crippen LogP contribution in [-0.2, 0) is 16.6 Å². The van der Waals surface area contributed by atoms with Gasteiger partial charge in [-0.2, -0.15) is 0 Å². The molecule has 0 aromatic heterocycles. The molecule has 3 aliphatic rings. The summed E-state index contributed by atoms with van der Waals surface area (Å²) in [7, 11) is 1.96. The van der Waals surface area contributed by atoms with E-state index in [1.165, 1.54) is 11.1 Å². The summed E-state index contributed by atoms with van der Waals surface area (Å²) < 4.78 is 7.00. The first-order valence-corrected chi connectivity index (χ1v) is 13.3. The van der Waals surface area contributed by atoms with E-state index in [2.05, 4.69) is 38.7 Å². The molecule has 5 atom stereocenters. The molecular formula is C30H40N2O3. The molecule has 1 N–H and O–H groups in total. The highest BCUT2D eigenvalue weighted by Crippen LogP contribution is 2.63. The molecule has 1 aliphatic carbocycles. The van der Waals surface area contributed by atoms with E-state index >= 15 is 0 Å². The number of aromatic hydroxyl groups is 1. The monoisotopic (exact) mass is 476 g/mol. The maximum absolute atomic E-state index is 13.6. The van der Waals surface area contributed by atoms with E-state index in [0.717, 1.165) is 37.8 Å². The third kappa shape index (κ3) is 3.38. The van der Waals surface area contributed by atoms with Crippen molar-refractivity contribution in [1.29, 1.82) is 0 Å². The zero-order valence-electron chi connectivity index (χ0n) is 21.8. The number of piperidine rings is 1. The molecule has 5 heteroatoms. The number of carbonyl (C=O) groups excluding carboxylic acids is 1. The quantitative estimate of drug-likeness (QED) is 0.636. The second-order valence-corrected chi connectivity index (χ2v) is 11.0. The first-order chi connectivity index (χ1) is 16.8. The molecule has 2 heterocycles. The van der Waals surface area contributed by atoms with E-state index < -0.39 is 0 Å². The average Bonchev–Trinajstić information content (AvgIpc) is 3.22. The fourth-order valence-corrected chi connectivity index (χ4v) is 8.03. The van der Waals surface area contributed by atoms with Crippen LogP contribution in [0, 0.1) is 5.92 Å². The second kappa shape index (κ2) is 8.94. The Balaban J connectivity index is 1.65. The SMILES string of the molecule is CCC(C1COC2(CC)C3Cc4ccc(O)cc4C12CCN3C(C)C)N(C)C(=O)c1ccccc1. The van der Waals surface area contributed by atoms with Gasteiger partial charge in [0.25, 0.3) is 5.91 Å². The average molecular weight is 477 g/mol. The van der Waals surface area contributed by atoms with Crippen molar-refractivity contribution in [2.75, 3.05) is 20.2 Å². The summed E-state index contributed by atoms with van der Waals surface area (Å²) in [5.41, 5.74) is 2.73. The Labute approximate surface area is 210 Å². The Bertz CT molecular complexity index is 1090. The summed E-state index contributed by atoms with van der Waals surface area (Å²) >= 11 is 0. The highest BCUT2D eigenvalue weighted by Gasteiger charge is 2.71. The van der Waals surface area contributed by atoms with Crippen LogP contribution in [0.2, 0.25) is 0 Å². The minimum Gasteiger partial charge on any atom is -0.508 e. The maximum atomic E-state index is 13.6. The van der Waals surface area contributed by atoms with Gasteiger partial charge >= 0.3 is 0 Å². The van der Waals surface area contributed by atoms with Crippen LogP contribution in [0.15, 0.2) is 48.5 Å². The normalized spacial score (nSPS) is 30.6. The molecule has 0 spiro atoms. The Kier molecular flexibility index (Phi) is 6.21. The summed E-state index contributed by atoms with van der Waals surface area (Å²) in [4.78, 5) is 18.2. The summed E-state index contributed by atoms with van der Waals surface area (Å²) in [6.45, 7) is 10.7. The van der Waals surface area contributed by atoms with Crippen molar-refractivity contribution in [3.63, 3.8) is 0 Å². The first kappa shape index (κ1) is 24.3. The molecule has 0 saturated carbocycles. The number of ether oxygens (including phenoxy) is 1. The third-order valence-electron chi connectivity index (χ3n) is 9.51. The largest absolute Gasteiger partial charge is 0.508 e. The van der Waals surface area contributed by atoms with Gasteiger partial charge < -0.3 is 14.7 Å². The first-order valence-electron chi connectivity index (χ1n) is 13.3. The van der Waals surface area contributed by atoms with Gasteiger partial charge in [-0.15, -0.1) is 0 Å². The topological polar surface area (TPSA) is 53.0 Å². The van der Waals surface area contributed by atoms with Gasteiger partial charge in [-0.25, -0.2) is 0 Å². The highest BCUT2D eigenvalue weighted by molar-refractivity contribution is 5.94. The van der Waals surface area contributed by atoms with Crippen LogP contribution in [0.3, 0.4) is 0 Å². The predicted octanol–water partition coefficient (Wildman–Crippen LogP) is 5.01. The van der Waals surface area contributed by atoms with Gasteiger partial charge in [0.2, 0.25) is 0 Å². The Morgan fingerprint density at radius 1 is 1.20 bits per heavy atom. The van der Waals surface area contributed by atoms with E-state index in [9.17, 15) is 9.90 Å². The molecule has 5 nitrogen and oxygen atoms in total. The fourth-order valence-electron chi connectivity index (χ4n) is 8.03. The summed E-state index contributed by atoms with van der Waals surface area (Å²) in [6.07, 6.45) is 3.68. The Hall–Kier alpha value is -2.37. The van der Waals surface area contributed by atoms with Gasteiger partial charge in [-0.1, -0.05) is 38.1 Å². The zero-order valence-corrected chi connectivity index (χ0v) is 21.8. The lowest BCUT2D eigenvalue weighted by molar-refractivity contribution is -0.145. The standard InChI is InChI=1S/C30H40N2O3/c1-6-26(31(5)28(34)21-11-9-8-10-12-21)25-19-35-30(7-2)27-17-22-13-14-23(33)18-24(22)29(25,30)15-16-32(27)20(3)4/h8-14,18,20,25-27,33H,6-7,15-17,19H2,1-5H3. The number of rotatable bonds is 6. The lowest BCUT2D eigenvalue weighted by Crippen LogP contribution is -2.72. The van der Waals surface area contributed by atoms with Crippen molar-refractivity contribution in [1.82, 2.24) is 9.80 Å². The fraction of sp³-hybridized carbons (Fsp3) is 0.567. The van der Waals surface area contributed by atoms with E-state index in [1.54, 1.807) is 0 Å². The van der Waals surface area contributed by atoms with Gasteiger partial charge in [0.1, 0.15) is 5.75 Å². The molecule has 2 aromatic rings. The minimum atomic E-state index is -0.328. The molecule has 35 heavy (non-hydrogen) atoms. The van der Waals surface area contributed by atoms with Gasteiger partial charge in [0, 0.05) is 42.1 Å². The maximum Gasteiger partial charge on any atom is 0.253 e. The van der Waals surface area contributed by atoms with Crippen LogP contribution in [0.4, 0.5) is 0 Å². The van der Waals surface area contributed by atoms with E-state index in [-0.39, 0.29) is 34.9 Å². The Morgan fingerprint density at radius 3 is 2.60 bits per heavy atom. The molecule has 2 aromatic carbocycles. The van der Waals surface area contributed by atoms with Crippen molar-refractivity contribution in [2.24, 2.45) is 5.92 Å². The molecule has 2 fully saturated rings. The molecule has 188 valence electrons. The second-order valence-electron chi connectivity index (χ2n) is 11.0. The number of nitrogens with zero attached hydrogens (tertiary/aromatic N) is 2. The van der Waals surface area contributed by atoms with Crippen molar-refractivity contribution in [3.05, 3.63) is 65.2 Å². The number of amides is 1. The van der Waals surface area contributed by atoms with E-state index in [1.807, 2.05) is 54.4 Å². The molecule has 2 aliphatic heterocycles. The number of fused-ring (bicyclic) bond motifs is 1. The third-order valence-corrected chi connectivity index (χ3v) is 9.51. The molecule has 5 unspecified atom stereocenters. The number of phenols is 1. The van der Waals surface area contributed by atoms with Crippen molar-refractivity contribution in [3.8, 4) is 5.75 Å². The Morgan fingerprint density at radius 2 is 1.94 bits per heavy atom. The van der Waals surface area contributed by atoms with Gasteiger partial charge in [0.05, 0.1) is 12.2 Å². The van der Waals surface area contributed by atoms with Gasteiger partial charge in [0.15, 0.2) is 0 Å². The molecule has 2 saturated heterocycles. The molecule has 0 radical (unpaired) electrons. The van der Waals surface area contributed by atoms with Crippen LogP contribution < -0.4 is 0 Å². The number of benzene rings is 2. The van der Waals surface area contributed by atoms with Crippen LogP contribution >= 0.6 is 0 Å². The minimum absolute atomic E-state index is 0.0377. The van der Waals surface area contributed by atoms with E-state index in [0.29, 0.717) is 18.4 Å². The predicted molar refractivity (Wildman–Crippen MR) is 139 cm³/mol.